The zero-order chi connectivity index (χ0) is 29.2. The third-order valence-electron chi connectivity index (χ3n) is 6.72. The molecule has 2 unspecified atom stereocenters. The minimum Gasteiger partial charge on any atom is -0.464 e. The lowest BCUT2D eigenvalue weighted by molar-refractivity contribution is -0.148. The lowest BCUT2D eigenvalue weighted by Gasteiger charge is -2.23. The van der Waals surface area contributed by atoms with Crippen molar-refractivity contribution in [3.05, 3.63) is 60.2 Å². The Labute approximate surface area is 240 Å². The molecule has 0 spiro atoms. The van der Waals surface area contributed by atoms with Gasteiger partial charge in [0.2, 0.25) is 15.9 Å². The van der Waals surface area contributed by atoms with Gasteiger partial charge in [-0.2, -0.15) is 4.72 Å². The molecule has 2 aromatic carbocycles. The van der Waals surface area contributed by atoms with Crippen LogP contribution in [-0.4, -0.2) is 38.0 Å². The zero-order valence-corrected chi connectivity index (χ0v) is 24.8. The highest BCUT2D eigenvalue weighted by Crippen LogP contribution is 2.21. The standard InChI is InChI=1S/C31H46N2O6S/c1-3-4-5-6-7-8-9-10-11-12-13-17-24-39-31(36)29(30(35)26-18-15-14-16-19-26)33-40(37,38)28-22-20-27(21-23-28)32-25(2)34/h14-16,18-23,29-30,33,35H,3-13,17,24H2,1-2H3,(H,32,34). The molecule has 3 N–H and O–H groups in total. The van der Waals surface area contributed by atoms with Gasteiger partial charge in [-0.05, 0) is 36.2 Å². The van der Waals surface area contributed by atoms with Crippen LogP contribution in [0.4, 0.5) is 5.69 Å². The Morgan fingerprint density at radius 1 is 0.800 bits per heavy atom. The highest BCUT2D eigenvalue weighted by molar-refractivity contribution is 7.89. The average Bonchev–Trinajstić information content (AvgIpc) is 2.94. The SMILES string of the molecule is CCCCCCCCCCCCCCOC(=O)C(NS(=O)(=O)c1ccc(NC(C)=O)cc1)C(O)c1ccccc1. The Hall–Kier alpha value is -2.75. The maximum absolute atomic E-state index is 13.1. The van der Waals surface area contributed by atoms with Crippen LogP contribution in [0.5, 0.6) is 0 Å². The van der Waals surface area contributed by atoms with E-state index in [1.165, 1.54) is 82.6 Å². The molecule has 8 nitrogen and oxygen atoms in total. The highest BCUT2D eigenvalue weighted by Gasteiger charge is 2.34. The molecule has 0 radical (unpaired) electrons. The number of hydrogen-bond donors (Lipinski definition) is 3. The summed E-state index contributed by atoms with van der Waals surface area (Å²) in [5, 5.41) is 13.5. The van der Waals surface area contributed by atoms with Crippen molar-refractivity contribution in [2.45, 2.75) is 108 Å². The molecule has 2 aromatic rings. The number of carbonyl (C=O) groups is 2. The van der Waals surface area contributed by atoms with Gasteiger partial charge in [0, 0.05) is 12.6 Å². The zero-order valence-electron chi connectivity index (χ0n) is 23.9. The predicted octanol–water partition coefficient (Wildman–Crippen LogP) is 6.27. The van der Waals surface area contributed by atoms with E-state index in [-0.39, 0.29) is 17.4 Å². The van der Waals surface area contributed by atoms with Crippen LogP contribution in [0.2, 0.25) is 0 Å². The number of benzene rings is 2. The van der Waals surface area contributed by atoms with Crippen molar-refractivity contribution in [2.75, 3.05) is 11.9 Å². The topological polar surface area (TPSA) is 122 Å². The fourth-order valence-corrected chi connectivity index (χ4v) is 5.64. The quantitative estimate of drug-likeness (QED) is 0.127. The third kappa shape index (κ3) is 12.6. The maximum Gasteiger partial charge on any atom is 0.327 e. The second-order valence-corrected chi connectivity index (χ2v) is 11.9. The van der Waals surface area contributed by atoms with Gasteiger partial charge < -0.3 is 15.2 Å². The van der Waals surface area contributed by atoms with E-state index in [2.05, 4.69) is 17.0 Å². The second kappa shape index (κ2) is 18.6. The monoisotopic (exact) mass is 574 g/mol. The number of esters is 1. The number of amides is 1. The van der Waals surface area contributed by atoms with Crippen molar-refractivity contribution in [1.29, 1.82) is 0 Å². The van der Waals surface area contributed by atoms with Crippen molar-refractivity contribution in [3.63, 3.8) is 0 Å². The highest BCUT2D eigenvalue weighted by atomic mass is 32.2. The molecular formula is C31H46N2O6S. The molecule has 0 aromatic heterocycles. The summed E-state index contributed by atoms with van der Waals surface area (Å²) in [5.41, 5.74) is 0.827. The Kier molecular flexibility index (Phi) is 15.5. The van der Waals surface area contributed by atoms with Crippen molar-refractivity contribution in [1.82, 2.24) is 4.72 Å². The van der Waals surface area contributed by atoms with Crippen molar-refractivity contribution in [3.8, 4) is 0 Å². The molecule has 0 saturated heterocycles. The van der Waals surface area contributed by atoms with E-state index >= 15 is 0 Å². The number of anilines is 1. The summed E-state index contributed by atoms with van der Waals surface area (Å²) >= 11 is 0. The molecule has 1 amide bonds. The van der Waals surface area contributed by atoms with Crippen LogP contribution in [0.15, 0.2) is 59.5 Å². The molecular weight excluding hydrogens is 528 g/mol. The molecule has 0 bridgehead atoms. The number of carbonyl (C=O) groups excluding carboxylic acids is 2. The van der Waals surface area contributed by atoms with Gasteiger partial charge in [0.25, 0.3) is 0 Å². The number of ether oxygens (including phenoxy) is 1. The van der Waals surface area contributed by atoms with E-state index in [1.54, 1.807) is 30.3 Å². The number of unbranched alkanes of at least 4 members (excludes halogenated alkanes) is 11. The number of hydrogen-bond acceptors (Lipinski definition) is 6. The van der Waals surface area contributed by atoms with Crippen LogP contribution in [0.1, 0.15) is 103 Å². The fourth-order valence-electron chi connectivity index (χ4n) is 4.45. The van der Waals surface area contributed by atoms with E-state index in [1.807, 2.05) is 0 Å². The molecule has 2 rings (SSSR count). The minimum atomic E-state index is -4.18. The lowest BCUT2D eigenvalue weighted by Crippen LogP contribution is -2.46. The van der Waals surface area contributed by atoms with Gasteiger partial charge in [-0.25, -0.2) is 8.42 Å². The van der Waals surface area contributed by atoms with E-state index in [4.69, 9.17) is 4.74 Å². The van der Waals surface area contributed by atoms with Crippen molar-refractivity contribution < 1.29 is 27.9 Å². The van der Waals surface area contributed by atoms with Crippen molar-refractivity contribution >= 4 is 27.6 Å². The van der Waals surface area contributed by atoms with Gasteiger partial charge in [0.15, 0.2) is 0 Å². The fraction of sp³-hybridized carbons (Fsp3) is 0.548. The largest absolute Gasteiger partial charge is 0.464 e. The summed E-state index contributed by atoms with van der Waals surface area (Å²) in [4.78, 5) is 24.1. The van der Waals surface area contributed by atoms with E-state index in [0.29, 0.717) is 17.7 Å². The van der Waals surface area contributed by atoms with Crippen LogP contribution in [-0.2, 0) is 24.3 Å². The van der Waals surface area contributed by atoms with E-state index < -0.39 is 28.1 Å². The van der Waals surface area contributed by atoms with E-state index in [9.17, 15) is 23.1 Å². The van der Waals surface area contributed by atoms with Gasteiger partial charge in [0.1, 0.15) is 12.1 Å². The molecule has 40 heavy (non-hydrogen) atoms. The third-order valence-corrected chi connectivity index (χ3v) is 8.18. The molecule has 0 aliphatic heterocycles. The summed E-state index contributed by atoms with van der Waals surface area (Å²) in [7, 11) is -4.18. The van der Waals surface area contributed by atoms with Crippen LogP contribution < -0.4 is 10.0 Å². The summed E-state index contributed by atoms with van der Waals surface area (Å²) < 4.78 is 33.9. The first-order valence-electron chi connectivity index (χ1n) is 14.5. The first-order chi connectivity index (χ1) is 19.2. The first kappa shape index (κ1) is 33.5. The predicted molar refractivity (Wildman–Crippen MR) is 158 cm³/mol. The molecule has 0 heterocycles. The molecule has 0 saturated carbocycles. The number of rotatable bonds is 20. The molecule has 0 aliphatic rings. The molecule has 0 fully saturated rings. The Bertz CT molecular complexity index is 1110. The Morgan fingerprint density at radius 3 is 1.85 bits per heavy atom. The van der Waals surface area contributed by atoms with E-state index in [0.717, 1.165) is 19.3 Å². The van der Waals surface area contributed by atoms with Gasteiger partial charge >= 0.3 is 5.97 Å². The number of aliphatic hydroxyl groups is 1. The molecule has 222 valence electrons. The number of sulfonamides is 1. The number of aliphatic hydroxyl groups excluding tert-OH is 1. The van der Waals surface area contributed by atoms with Crippen LogP contribution >= 0.6 is 0 Å². The Balaban J connectivity index is 1.87. The second-order valence-electron chi connectivity index (χ2n) is 10.2. The summed E-state index contributed by atoms with van der Waals surface area (Å²) in [5.74, 6) is -1.12. The van der Waals surface area contributed by atoms with Crippen LogP contribution in [0, 0.1) is 0 Å². The van der Waals surface area contributed by atoms with Gasteiger partial charge in [-0.3, -0.25) is 9.59 Å². The van der Waals surface area contributed by atoms with Gasteiger partial charge in [0.05, 0.1) is 11.5 Å². The molecule has 9 heteroatoms. The van der Waals surface area contributed by atoms with Crippen molar-refractivity contribution in [2.24, 2.45) is 0 Å². The van der Waals surface area contributed by atoms with Crippen LogP contribution in [0.3, 0.4) is 0 Å². The number of nitrogens with one attached hydrogen (secondary N) is 2. The summed E-state index contributed by atoms with van der Waals surface area (Å²) in [6.07, 6.45) is 12.7. The average molecular weight is 575 g/mol. The summed E-state index contributed by atoms with van der Waals surface area (Å²) in [6.45, 7) is 3.74. The smallest absolute Gasteiger partial charge is 0.327 e. The Morgan fingerprint density at radius 2 is 1.32 bits per heavy atom. The molecule has 0 aliphatic carbocycles. The summed E-state index contributed by atoms with van der Waals surface area (Å²) in [6, 6.07) is 12.4. The van der Waals surface area contributed by atoms with Crippen LogP contribution in [0.25, 0.3) is 0 Å². The van der Waals surface area contributed by atoms with Gasteiger partial charge in [-0.15, -0.1) is 0 Å². The maximum atomic E-state index is 13.1. The normalized spacial score (nSPS) is 13.0. The van der Waals surface area contributed by atoms with Gasteiger partial charge in [-0.1, -0.05) is 108 Å². The minimum absolute atomic E-state index is 0.111. The first-order valence-corrected chi connectivity index (χ1v) is 16.0. The molecule has 2 atom stereocenters. The lowest BCUT2D eigenvalue weighted by atomic mass is 10.0.